The third-order valence-electron chi connectivity index (χ3n) is 5.14. The van der Waals surface area contributed by atoms with Crippen molar-refractivity contribution in [3.63, 3.8) is 0 Å². The van der Waals surface area contributed by atoms with E-state index >= 15 is 0 Å². The number of nitrogens with zero attached hydrogens (tertiary/aromatic N) is 3. The summed E-state index contributed by atoms with van der Waals surface area (Å²) in [6.07, 6.45) is 1.60. The number of benzene rings is 2. The molecule has 1 aliphatic rings. The zero-order valence-corrected chi connectivity index (χ0v) is 18.3. The zero-order chi connectivity index (χ0) is 21.3. The molecule has 1 saturated heterocycles. The van der Waals surface area contributed by atoms with E-state index in [1.807, 2.05) is 17.0 Å². The highest BCUT2D eigenvalue weighted by Gasteiger charge is 2.21. The fraction of sp³-hybridized carbons (Fsp3) is 0.417. The van der Waals surface area contributed by atoms with Crippen LogP contribution in [0.3, 0.4) is 0 Å². The molecule has 30 heavy (non-hydrogen) atoms. The molecule has 0 radical (unpaired) electrons. The Morgan fingerprint density at radius 1 is 1.07 bits per heavy atom. The Kier molecular flexibility index (Phi) is 7.85. The average molecular weight is 408 g/mol. The Labute approximate surface area is 180 Å². The first-order valence-corrected chi connectivity index (χ1v) is 10.7. The molecule has 2 N–H and O–H groups in total. The molecule has 0 aliphatic carbocycles. The van der Waals surface area contributed by atoms with Gasteiger partial charge in [-0.3, -0.25) is 4.79 Å². The van der Waals surface area contributed by atoms with Gasteiger partial charge in [0.25, 0.3) is 0 Å². The number of hydrogen-bond donors (Lipinski definition) is 2. The van der Waals surface area contributed by atoms with Crippen molar-refractivity contribution in [2.75, 3.05) is 32.1 Å². The molecular formula is C24H33N5O. The topological polar surface area (TPSA) is 60.0 Å². The lowest BCUT2D eigenvalue weighted by Gasteiger charge is -2.17. The summed E-state index contributed by atoms with van der Waals surface area (Å²) in [5.74, 6) is 1.02. The Bertz CT molecular complexity index is 860. The number of guanidine groups is 1. The Morgan fingerprint density at radius 2 is 1.80 bits per heavy atom. The first kappa shape index (κ1) is 21.8. The van der Waals surface area contributed by atoms with Crippen LogP contribution in [0.4, 0.5) is 5.69 Å². The van der Waals surface area contributed by atoms with Crippen LogP contribution in [0.1, 0.15) is 36.5 Å². The van der Waals surface area contributed by atoms with Crippen LogP contribution in [0, 0.1) is 0 Å². The molecule has 6 nitrogen and oxygen atoms in total. The number of amides is 1. The summed E-state index contributed by atoms with van der Waals surface area (Å²) in [7, 11) is 4.17. The van der Waals surface area contributed by atoms with Crippen molar-refractivity contribution in [1.29, 1.82) is 0 Å². The lowest BCUT2D eigenvalue weighted by atomic mass is 10.1. The Balaban J connectivity index is 1.61. The van der Waals surface area contributed by atoms with Crippen molar-refractivity contribution in [2.45, 2.75) is 39.4 Å². The van der Waals surface area contributed by atoms with Gasteiger partial charge in [0.05, 0.1) is 6.54 Å². The molecule has 6 heteroatoms. The van der Waals surface area contributed by atoms with Gasteiger partial charge in [0.1, 0.15) is 0 Å². The molecule has 0 unspecified atom stereocenters. The molecule has 0 saturated carbocycles. The van der Waals surface area contributed by atoms with Gasteiger partial charge >= 0.3 is 0 Å². The standard InChI is InChI=1S/C24H33N5O/c1-4-25-24(27-17-20-8-5-6-9-21(20)18-28(2)3)26-16-19-11-13-22(14-12-19)29-15-7-10-23(29)30/h5-6,8-9,11-14H,4,7,10,15-18H2,1-3H3,(H2,25,26,27). The van der Waals surface area contributed by atoms with E-state index in [0.717, 1.165) is 49.8 Å². The number of hydrogen-bond acceptors (Lipinski definition) is 3. The molecule has 0 bridgehead atoms. The van der Waals surface area contributed by atoms with E-state index < -0.39 is 0 Å². The third kappa shape index (κ3) is 6.07. The summed E-state index contributed by atoms with van der Waals surface area (Å²) < 4.78 is 0. The maximum atomic E-state index is 11.9. The lowest BCUT2D eigenvalue weighted by Crippen LogP contribution is -2.37. The molecule has 2 aromatic rings. The molecule has 1 heterocycles. The van der Waals surface area contributed by atoms with Gasteiger partial charge in [-0.1, -0.05) is 36.4 Å². The van der Waals surface area contributed by atoms with E-state index in [-0.39, 0.29) is 5.91 Å². The van der Waals surface area contributed by atoms with Crippen LogP contribution < -0.4 is 15.5 Å². The van der Waals surface area contributed by atoms with E-state index in [1.54, 1.807) is 0 Å². The van der Waals surface area contributed by atoms with Gasteiger partial charge in [0, 0.05) is 38.3 Å². The van der Waals surface area contributed by atoms with Crippen LogP contribution in [-0.2, 0) is 24.4 Å². The van der Waals surface area contributed by atoms with Crippen LogP contribution in [0.15, 0.2) is 53.5 Å². The van der Waals surface area contributed by atoms with Crippen LogP contribution in [0.2, 0.25) is 0 Å². The zero-order valence-electron chi connectivity index (χ0n) is 18.3. The van der Waals surface area contributed by atoms with Crippen molar-refractivity contribution in [3.05, 3.63) is 65.2 Å². The second-order valence-electron chi connectivity index (χ2n) is 7.87. The highest BCUT2D eigenvalue weighted by Crippen LogP contribution is 2.21. The number of aliphatic imine (C=N–C) groups is 1. The van der Waals surface area contributed by atoms with Crippen LogP contribution >= 0.6 is 0 Å². The fourth-order valence-corrected chi connectivity index (χ4v) is 3.62. The summed E-state index contributed by atoms with van der Waals surface area (Å²) in [6, 6.07) is 16.6. The minimum atomic E-state index is 0.217. The van der Waals surface area contributed by atoms with Gasteiger partial charge in [-0.05, 0) is 56.3 Å². The molecule has 1 amide bonds. The molecule has 1 fully saturated rings. The quantitative estimate of drug-likeness (QED) is 0.521. The predicted molar refractivity (Wildman–Crippen MR) is 124 cm³/mol. The van der Waals surface area contributed by atoms with Gasteiger partial charge < -0.3 is 20.4 Å². The van der Waals surface area contributed by atoms with Crippen molar-refractivity contribution in [1.82, 2.24) is 15.5 Å². The molecule has 1 aliphatic heterocycles. The van der Waals surface area contributed by atoms with Gasteiger partial charge in [0.2, 0.25) is 5.91 Å². The van der Waals surface area contributed by atoms with Crippen molar-refractivity contribution >= 4 is 17.6 Å². The van der Waals surface area contributed by atoms with E-state index in [4.69, 9.17) is 4.99 Å². The minimum Gasteiger partial charge on any atom is -0.357 e. The summed E-state index contributed by atoms with van der Waals surface area (Å²) in [4.78, 5) is 20.7. The third-order valence-corrected chi connectivity index (χ3v) is 5.14. The molecular weight excluding hydrogens is 374 g/mol. The number of nitrogens with one attached hydrogen (secondary N) is 2. The minimum absolute atomic E-state index is 0.217. The monoisotopic (exact) mass is 407 g/mol. The maximum Gasteiger partial charge on any atom is 0.227 e. The van der Waals surface area contributed by atoms with E-state index in [9.17, 15) is 4.79 Å². The van der Waals surface area contributed by atoms with Crippen molar-refractivity contribution in [3.8, 4) is 0 Å². The van der Waals surface area contributed by atoms with Gasteiger partial charge in [-0.2, -0.15) is 0 Å². The normalized spacial score (nSPS) is 14.5. The van der Waals surface area contributed by atoms with E-state index in [1.165, 1.54) is 11.1 Å². The Hall–Kier alpha value is -2.86. The van der Waals surface area contributed by atoms with E-state index in [0.29, 0.717) is 13.0 Å². The second kappa shape index (κ2) is 10.8. The first-order chi connectivity index (χ1) is 14.6. The molecule has 160 valence electrons. The smallest absolute Gasteiger partial charge is 0.227 e. The highest BCUT2D eigenvalue weighted by molar-refractivity contribution is 5.95. The molecule has 0 atom stereocenters. The number of carbonyl (C=O) groups excluding carboxylic acids is 1. The van der Waals surface area contributed by atoms with Crippen LogP contribution in [0.25, 0.3) is 0 Å². The SMILES string of the molecule is CCNC(=NCc1ccc(N2CCCC2=O)cc1)NCc1ccccc1CN(C)C. The predicted octanol–water partition coefficient (Wildman–Crippen LogP) is 3.13. The average Bonchev–Trinajstić information content (AvgIpc) is 3.17. The van der Waals surface area contributed by atoms with Crippen molar-refractivity contribution in [2.24, 2.45) is 4.99 Å². The van der Waals surface area contributed by atoms with Gasteiger partial charge in [-0.15, -0.1) is 0 Å². The lowest BCUT2D eigenvalue weighted by molar-refractivity contribution is -0.117. The van der Waals surface area contributed by atoms with Crippen molar-refractivity contribution < 1.29 is 4.79 Å². The highest BCUT2D eigenvalue weighted by atomic mass is 16.2. The van der Waals surface area contributed by atoms with Gasteiger partial charge in [-0.25, -0.2) is 4.99 Å². The Morgan fingerprint density at radius 3 is 2.43 bits per heavy atom. The summed E-state index contributed by atoms with van der Waals surface area (Å²) in [6.45, 7) is 5.92. The van der Waals surface area contributed by atoms with Crippen LogP contribution in [-0.4, -0.2) is 44.0 Å². The molecule has 0 aromatic heterocycles. The largest absolute Gasteiger partial charge is 0.357 e. The number of carbonyl (C=O) groups is 1. The van der Waals surface area contributed by atoms with Gasteiger partial charge in [0.15, 0.2) is 5.96 Å². The summed E-state index contributed by atoms with van der Waals surface area (Å²) in [5.41, 5.74) is 4.69. The second-order valence-corrected chi connectivity index (χ2v) is 7.87. The molecule has 0 spiro atoms. The van der Waals surface area contributed by atoms with E-state index in [2.05, 4.69) is 73.0 Å². The maximum absolute atomic E-state index is 11.9. The fourth-order valence-electron chi connectivity index (χ4n) is 3.62. The first-order valence-electron chi connectivity index (χ1n) is 10.7. The van der Waals surface area contributed by atoms with Crippen LogP contribution in [0.5, 0.6) is 0 Å². The number of anilines is 1. The molecule has 2 aromatic carbocycles. The summed E-state index contributed by atoms with van der Waals surface area (Å²) in [5, 5.41) is 6.77. The summed E-state index contributed by atoms with van der Waals surface area (Å²) >= 11 is 0. The molecule has 3 rings (SSSR count). The number of rotatable bonds is 8.